The zero-order chi connectivity index (χ0) is 9.42. The number of fused-ring (bicyclic) bond motifs is 1. The maximum absolute atomic E-state index is 8.75. The molecule has 0 bridgehead atoms. The summed E-state index contributed by atoms with van der Waals surface area (Å²) in [5, 5.41) is 9.36. The number of pyridine rings is 1. The number of hydrogen-bond acceptors (Lipinski definition) is 2. The molecular weight excluding hydrogens is 186 g/mol. The Bertz CT molecular complexity index is 507. The highest BCUT2D eigenvalue weighted by Crippen LogP contribution is 2.16. The summed E-state index contributed by atoms with van der Waals surface area (Å²) in [5.74, 6) is 0. The van der Waals surface area contributed by atoms with Crippen LogP contribution in [0.1, 0.15) is 11.3 Å². The first-order chi connectivity index (χ1) is 6.22. The molecule has 0 atom stereocenters. The highest BCUT2D eigenvalue weighted by Gasteiger charge is 2.05. The molecule has 2 rings (SSSR count). The molecule has 0 unspecified atom stereocenters. The van der Waals surface area contributed by atoms with Gasteiger partial charge in [0.05, 0.1) is 11.2 Å². The summed E-state index contributed by atoms with van der Waals surface area (Å²) < 4.78 is 1.69. The van der Waals surface area contributed by atoms with Crippen molar-refractivity contribution >= 4 is 17.2 Å². The van der Waals surface area contributed by atoms with Crippen LogP contribution in [0.4, 0.5) is 0 Å². The third-order valence-corrected chi connectivity index (χ3v) is 2.08. The van der Waals surface area contributed by atoms with Crippen molar-refractivity contribution in [3.63, 3.8) is 0 Å². The molecule has 0 fully saturated rings. The summed E-state index contributed by atoms with van der Waals surface area (Å²) >= 11 is 5.85. The topological polar surface area (TPSA) is 41.1 Å². The van der Waals surface area contributed by atoms with E-state index in [1.165, 1.54) is 0 Å². The van der Waals surface area contributed by atoms with E-state index in [4.69, 9.17) is 16.9 Å². The summed E-state index contributed by atoms with van der Waals surface area (Å²) in [7, 11) is 0. The maximum atomic E-state index is 8.75. The van der Waals surface area contributed by atoms with Gasteiger partial charge in [-0.25, -0.2) is 4.98 Å². The number of rotatable bonds is 0. The van der Waals surface area contributed by atoms with Crippen LogP contribution in [0.25, 0.3) is 5.65 Å². The van der Waals surface area contributed by atoms with Crippen molar-refractivity contribution in [3.05, 3.63) is 34.7 Å². The second kappa shape index (κ2) is 2.75. The number of aryl methyl sites for hydroxylation is 1. The van der Waals surface area contributed by atoms with Crippen LogP contribution in [0.5, 0.6) is 0 Å². The molecule has 4 heteroatoms. The van der Waals surface area contributed by atoms with Crippen LogP contribution in [0.2, 0.25) is 5.02 Å². The summed E-state index contributed by atoms with van der Waals surface area (Å²) in [5.41, 5.74) is 2.25. The van der Waals surface area contributed by atoms with Crippen molar-refractivity contribution in [2.45, 2.75) is 6.92 Å². The number of halogens is 1. The largest absolute Gasteiger partial charge is 0.290 e. The molecule has 0 aromatic carbocycles. The average Bonchev–Trinajstić information content (AvgIpc) is 2.47. The second-order valence-corrected chi connectivity index (χ2v) is 3.23. The Hall–Kier alpha value is -1.53. The summed E-state index contributed by atoms with van der Waals surface area (Å²) in [6.07, 6.45) is 3.23. The van der Waals surface area contributed by atoms with E-state index >= 15 is 0 Å². The van der Waals surface area contributed by atoms with Gasteiger partial charge in [-0.1, -0.05) is 11.6 Å². The highest BCUT2D eigenvalue weighted by molar-refractivity contribution is 6.30. The predicted octanol–water partition coefficient (Wildman–Crippen LogP) is 2.17. The molecule has 3 nitrogen and oxygen atoms in total. The number of nitrogens with zero attached hydrogens (tertiary/aromatic N) is 3. The van der Waals surface area contributed by atoms with Gasteiger partial charge in [-0.2, -0.15) is 5.26 Å². The first-order valence-corrected chi connectivity index (χ1v) is 4.13. The van der Waals surface area contributed by atoms with Gasteiger partial charge in [0.25, 0.3) is 0 Å². The Balaban J connectivity index is 2.92. The fourth-order valence-corrected chi connectivity index (χ4v) is 1.56. The van der Waals surface area contributed by atoms with Crippen LogP contribution in [-0.2, 0) is 0 Å². The van der Waals surface area contributed by atoms with Crippen molar-refractivity contribution < 1.29 is 0 Å². The van der Waals surface area contributed by atoms with Crippen LogP contribution in [0.15, 0.2) is 18.5 Å². The van der Waals surface area contributed by atoms with Gasteiger partial charge in [0.15, 0.2) is 0 Å². The molecule has 0 amide bonds. The number of nitriles is 1. The molecule has 0 aliphatic carbocycles. The molecule has 2 heterocycles. The smallest absolute Gasteiger partial charge is 0.144 e. The van der Waals surface area contributed by atoms with Crippen molar-refractivity contribution in [2.75, 3.05) is 0 Å². The maximum Gasteiger partial charge on any atom is 0.144 e. The standard InChI is InChI=1S/C9H6ClN3/c1-6-2-7(10)5-13-8(3-11)4-12-9(6)13/h2,4-5H,1H3. The van der Waals surface area contributed by atoms with E-state index in [2.05, 4.69) is 4.98 Å². The fourth-order valence-electron chi connectivity index (χ4n) is 1.30. The normalized spacial score (nSPS) is 10.2. The quantitative estimate of drug-likeness (QED) is 0.641. The summed E-state index contributed by atoms with van der Waals surface area (Å²) in [4.78, 5) is 4.11. The minimum atomic E-state index is 0.501. The molecule has 0 aliphatic rings. The Labute approximate surface area is 80.2 Å². The van der Waals surface area contributed by atoms with Crippen LogP contribution in [-0.4, -0.2) is 9.38 Å². The third-order valence-electron chi connectivity index (χ3n) is 1.87. The summed E-state index contributed by atoms with van der Waals surface area (Å²) in [6.45, 7) is 1.91. The Kier molecular flexibility index (Phi) is 1.71. The molecule has 0 aliphatic heterocycles. The third kappa shape index (κ3) is 1.16. The van der Waals surface area contributed by atoms with Crippen molar-refractivity contribution in [2.24, 2.45) is 0 Å². The summed E-state index contributed by atoms with van der Waals surface area (Å²) in [6, 6.07) is 3.87. The number of imidazole rings is 1. The van der Waals surface area contributed by atoms with Gasteiger partial charge in [0.2, 0.25) is 0 Å². The van der Waals surface area contributed by atoms with E-state index in [9.17, 15) is 0 Å². The van der Waals surface area contributed by atoms with Gasteiger partial charge in [-0.3, -0.25) is 4.40 Å². The molecule has 0 saturated heterocycles. The Morgan fingerprint density at radius 3 is 3.08 bits per heavy atom. The molecule has 0 spiro atoms. The molecule has 0 radical (unpaired) electrons. The zero-order valence-electron chi connectivity index (χ0n) is 6.95. The van der Waals surface area contributed by atoms with Gasteiger partial charge in [0.1, 0.15) is 17.4 Å². The molecule has 0 N–H and O–H groups in total. The molecular formula is C9H6ClN3. The van der Waals surface area contributed by atoms with E-state index in [1.807, 2.05) is 19.1 Å². The average molecular weight is 192 g/mol. The van der Waals surface area contributed by atoms with Crippen LogP contribution in [0.3, 0.4) is 0 Å². The van der Waals surface area contributed by atoms with Crippen LogP contribution < -0.4 is 0 Å². The lowest BCUT2D eigenvalue weighted by atomic mass is 10.3. The van der Waals surface area contributed by atoms with Gasteiger partial charge >= 0.3 is 0 Å². The zero-order valence-corrected chi connectivity index (χ0v) is 7.71. The van der Waals surface area contributed by atoms with E-state index < -0.39 is 0 Å². The van der Waals surface area contributed by atoms with Crippen LogP contribution >= 0.6 is 11.6 Å². The van der Waals surface area contributed by atoms with Gasteiger partial charge in [0, 0.05) is 6.20 Å². The lowest BCUT2D eigenvalue weighted by Gasteiger charge is -1.99. The van der Waals surface area contributed by atoms with Crippen molar-refractivity contribution in [3.8, 4) is 6.07 Å². The Morgan fingerprint density at radius 1 is 1.62 bits per heavy atom. The van der Waals surface area contributed by atoms with Crippen molar-refractivity contribution in [1.82, 2.24) is 9.38 Å². The first-order valence-electron chi connectivity index (χ1n) is 3.75. The fraction of sp³-hybridized carbons (Fsp3) is 0.111. The monoisotopic (exact) mass is 191 g/mol. The molecule has 2 aromatic rings. The van der Waals surface area contributed by atoms with E-state index in [0.29, 0.717) is 10.7 Å². The Morgan fingerprint density at radius 2 is 2.38 bits per heavy atom. The lowest BCUT2D eigenvalue weighted by molar-refractivity contribution is 1.14. The van der Waals surface area contributed by atoms with Gasteiger partial charge in [-0.15, -0.1) is 0 Å². The second-order valence-electron chi connectivity index (χ2n) is 2.79. The van der Waals surface area contributed by atoms with E-state index in [-0.39, 0.29) is 0 Å². The molecule has 13 heavy (non-hydrogen) atoms. The number of aromatic nitrogens is 2. The van der Waals surface area contributed by atoms with Gasteiger partial charge < -0.3 is 0 Å². The lowest BCUT2D eigenvalue weighted by Crippen LogP contribution is -1.90. The molecule has 2 aromatic heterocycles. The molecule has 64 valence electrons. The molecule has 0 saturated carbocycles. The first kappa shape index (κ1) is 8.09. The highest BCUT2D eigenvalue weighted by atomic mass is 35.5. The van der Waals surface area contributed by atoms with E-state index in [0.717, 1.165) is 11.2 Å². The predicted molar refractivity (Wildman–Crippen MR) is 49.7 cm³/mol. The van der Waals surface area contributed by atoms with Crippen molar-refractivity contribution in [1.29, 1.82) is 5.26 Å². The van der Waals surface area contributed by atoms with E-state index in [1.54, 1.807) is 16.8 Å². The van der Waals surface area contributed by atoms with Crippen LogP contribution in [0, 0.1) is 18.3 Å². The van der Waals surface area contributed by atoms with Gasteiger partial charge in [-0.05, 0) is 18.6 Å². The number of hydrogen-bond donors (Lipinski definition) is 0. The SMILES string of the molecule is Cc1cc(Cl)cn2c(C#N)cnc12. The minimum Gasteiger partial charge on any atom is -0.290 e. The minimum absolute atomic E-state index is 0.501.